The molecule has 0 unspecified atom stereocenters. The zero-order valence-corrected chi connectivity index (χ0v) is 9.45. The number of nitrogen functional groups attached to an aromatic ring is 1. The topological polar surface area (TPSA) is 26.0 Å². The lowest BCUT2D eigenvalue weighted by Crippen LogP contribution is -2.21. The summed E-state index contributed by atoms with van der Waals surface area (Å²) in [5.41, 5.74) is 11.3. The summed E-state index contributed by atoms with van der Waals surface area (Å²) < 4.78 is 1.07. The number of halogens is 1. The van der Waals surface area contributed by atoms with Crippen molar-refractivity contribution >= 4 is 34.4 Å². The minimum absolute atomic E-state index is 0.947. The molecule has 0 saturated carbocycles. The molecule has 2 rings (SSSR count). The van der Waals surface area contributed by atoms with Gasteiger partial charge in [-0.1, -0.05) is 12.3 Å². The first-order chi connectivity index (χ1) is 6.24. The smallest absolute Gasteiger partial charge is 0.157 e. The first-order valence-corrected chi connectivity index (χ1v) is 5.62. The third-order valence-corrected chi connectivity index (χ3v) is 3.52. The van der Waals surface area contributed by atoms with E-state index in [1.165, 1.54) is 35.9 Å². The Morgan fingerprint density at radius 3 is 2.92 bits per heavy atom. The van der Waals surface area contributed by atoms with Crippen LogP contribution in [0.2, 0.25) is 6.82 Å². The van der Waals surface area contributed by atoms with Gasteiger partial charge in [-0.2, -0.15) is 0 Å². The van der Waals surface area contributed by atoms with Crippen LogP contribution in [0.5, 0.6) is 0 Å². The summed E-state index contributed by atoms with van der Waals surface area (Å²) in [5.74, 6) is 0. The normalized spacial score (nSPS) is 14.3. The van der Waals surface area contributed by atoms with E-state index >= 15 is 0 Å². The highest BCUT2D eigenvalue weighted by molar-refractivity contribution is 9.10. The van der Waals surface area contributed by atoms with Gasteiger partial charge < -0.3 is 5.73 Å². The predicted octanol–water partition coefficient (Wildman–Crippen LogP) is 1.63. The van der Waals surface area contributed by atoms with E-state index in [0.717, 1.165) is 17.4 Å². The predicted molar refractivity (Wildman–Crippen MR) is 63.2 cm³/mol. The fraction of sp³-hybridized carbons (Fsp3) is 0.400. The van der Waals surface area contributed by atoms with Gasteiger partial charge in [-0.25, -0.2) is 0 Å². The van der Waals surface area contributed by atoms with Crippen molar-refractivity contribution in [2.75, 3.05) is 5.73 Å². The molecule has 2 N–H and O–H groups in total. The minimum Gasteiger partial charge on any atom is -0.398 e. The molecule has 13 heavy (non-hydrogen) atoms. The van der Waals surface area contributed by atoms with E-state index in [2.05, 4.69) is 28.8 Å². The molecule has 0 amide bonds. The van der Waals surface area contributed by atoms with E-state index in [1.54, 1.807) is 0 Å². The van der Waals surface area contributed by atoms with Crippen molar-refractivity contribution in [2.24, 2.45) is 0 Å². The molecule has 0 atom stereocenters. The van der Waals surface area contributed by atoms with Crippen molar-refractivity contribution in [1.29, 1.82) is 0 Å². The van der Waals surface area contributed by atoms with Gasteiger partial charge in [-0.3, -0.25) is 0 Å². The molecule has 0 saturated heterocycles. The van der Waals surface area contributed by atoms with Crippen LogP contribution in [-0.2, 0) is 12.8 Å². The average Bonchev–Trinajstić information content (AvgIpc) is 2.54. The number of rotatable bonds is 1. The van der Waals surface area contributed by atoms with Crippen LogP contribution in [0, 0.1) is 0 Å². The van der Waals surface area contributed by atoms with Gasteiger partial charge in [0.25, 0.3) is 0 Å². The first kappa shape index (κ1) is 9.13. The third-order valence-electron chi connectivity index (χ3n) is 2.86. The molecule has 0 spiro atoms. The molecule has 3 heteroatoms. The van der Waals surface area contributed by atoms with E-state index in [1.807, 2.05) is 0 Å². The van der Waals surface area contributed by atoms with E-state index in [-0.39, 0.29) is 0 Å². The zero-order valence-electron chi connectivity index (χ0n) is 7.86. The van der Waals surface area contributed by atoms with Gasteiger partial charge in [-0.05, 0) is 52.4 Å². The Kier molecular flexibility index (Phi) is 2.37. The van der Waals surface area contributed by atoms with Gasteiger partial charge in [0, 0.05) is 10.2 Å². The lowest BCUT2D eigenvalue weighted by Gasteiger charge is -2.11. The quantitative estimate of drug-likeness (QED) is 0.583. The van der Waals surface area contributed by atoms with Gasteiger partial charge in [-0.15, -0.1) is 0 Å². The summed E-state index contributed by atoms with van der Waals surface area (Å²) >= 11 is 3.52. The van der Waals surface area contributed by atoms with Crippen molar-refractivity contribution in [3.63, 3.8) is 0 Å². The molecule has 0 radical (unpaired) electrons. The fourth-order valence-electron chi connectivity index (χ4n) is 2.21. The molecule has 0 heterocycles. The van der Waals surface area contributed by atoms with Gasteiger partial charge in [0.15, 0.2) is 7.28 Å². The van der Waals surface area contributed by atoms with Crippen LogP contribution >= 0.6 is 15.9 Å². The van der Waals surface area contributed by atoms with Gasteiger partial charge in [0.05, 0.1) is 0 Å². The maximum atomic E-state index is 6.02. The van der Waals surface area contributed by atoms with E-state index in [9.17, 15) is 0 Å². The summed E-state index contributed by atoms with van der Waals surface area (Å²) in [6.45, 7) is 2.18. The lowest BCUT2D eigenvalue weighted by atomic mass is 9.69. The van der Waals surface area contributed by atoms with Crippen LogP contribution in [0.3, 0.4) is 0 Å². The molecule has 1 aliphatic carbocycles. The zero-order chi connectivity index (χ0) is 9.42. The summed E-state index contributed by atoms with van der Waals surface area (Å²) in [7, 11) is 1.05. The van der Waals surface area contributed by atoms with Crippen LogP contribution < -0.4 is 11.2 Å². The summed E-state index contributed by atoms with van der Waals surface area (Å²) in [6, 6.07) is 2.19. The van der Waals surface area contributed by atoms with Crippen molar-refractivity contribution in [1.82, 2.24) is 0 Å². The van der Waals surface area contributed by atoms with Gasteiger partial charge in [0.2, 0.25) is 0 Å². The SMILES string of the molecule is CBc1c(N)c(Br)cc2c1CCC2. The number of nitrogens with two attached hydrogens (primary N) is 1. The first-order valence-electron chi connectivity index (χ1n) is 4.82. The Morgan fingerprint density at radius 1 is 1.46 bits per heavy atom. The second-order valence-electron chi connectivity index (χ2n) is 3.60. The maximum Gasteiger partial charge on any atom is 0.157 e. The van der Waals surface area contributed by atoms with Gasteiger partial charge in [0.1, 0.15) is 0 Å². The monoisotopic (exact) mass is 237 g/mol. The molecule has 1 aliphatic rings. The maximum absolute atomic E-state index is 6.02. The van der Waals surface area contributed by atoms with Crippen LogP contribution in [0.15, 0.2) is 10.5 Å². The number of hydrogen-bond donors (Lipinski definition) is 1. The largest absolute Gasteiger partial charge is 0.398 e. The van der Waals surface area contributed by atoms with Crippen LogP contribution in [0.25, 0.3) is 0 Å². The molecule has 0 aliphatic heterocycles. The minimum atomic E-state index is 0.947. The van der Waals surface area contributed by atoms with Gasteiger partial charge >= 0.3 is 0 Å². The molecular formula is C10H13BBrN. The molecule has 1 aromatic carbocycles. The molecule has 0 aromatic heterocycles. The van der Waals surface area contributed by atoms with Crippen LogP contribution in [-0.4, -0.2) is 7.28 Å². The highest BCUT2D eigenvalue weighted by Gasteiger charge is 2.17. The summed E-state index contributed by atoms with van der Waals surface area (Å²) in [6.07, 6.45) is 3.73. The number of hydrogen-bond acceptors (Lipinski definition) is 1. The molecule has 1 aromatic rings. The summed E-state index contributed by atoms with van der Waals surface area (Å²) in [5, 5.41) is 0. The number of aryl methyl sites for hydroxylation is 1. The van der Waals surface area contributed by atoms with Crippen molar-refractivity contribution < 1.29 is 0 Å². The number of anilines is 1. The lowest BCUT2D eigenvalue weighted by molar-refractivity contribution is 0.913. The van der Waals surface area contributed by atoms with Crippen molar-refractivity contribution in [3.8, 4) is 0 Å². The highest BCUT2D eigenvalue weighted by atomic mass is 79.9. The molecule has 1 nitrogen and oxygen atoms in total. The Bertz CT molecular complexity index is 349. The Hall–Kier alpha value is -0.435. The number of fused-ring (bicyclic) bond motifs is 1. The van der Waals surface area contributed by atoms with E-state index in [0.29, 0.717) is 0 Å². The molecular weight excluding hydrogens is 225 g/mol. The Morgan fingerprint density at radius 2 is 2.23 bits per heavy atom. The van der Waals surface area contributed by atoms with Crippen molar-refractivity contribution in [3.05, 3.63) is 21.7 Å². The Labute approximate surface area is 88.1 Å². The highest BCUT2D eigenvalue weighted by Crippen LogP contribution is 2.28. The van der Waals surface area contributed by atoms with E-state index < -0.39 is 0 Å². The van der Waals surface area contributed by atoms with Crippen LogP contribution in [0.4, 0.5) is 5.69 Å². The third kappa shape index (κ3) is 1.39. The summed E-state index contributed by atoms with van der Waals surface area (Å²) in [4.78, 5) is 0. The fourth-order valence-corrected chi connectivity index (χ4v) is 2.73. The molecule has 0 fully saturated rings. The average molecular weight is 238 g/mol. The molecule has 0 bridgehead atoms. The molecule has 68 valence electrons. The Balaban J connectivity index is 2.64. The van der Waals surface area contributed by atoms with Crippen LogP contribution in [0.1, 0.15) is 17.5 Å². The standard InChI is InChI=1S/C10H13BBrN/c1-11-9-7-4-2-3-6(7)5-8(12)10(9)13/h5,11H,2-4,13H2,1H3. The second-order valence-corrected chi connectivity index (χ2v) is 4.45. The van der Waals surface area contributed by atoms with E-state index in [4.69, 9.17) is 5.73 Å². The van der Waals surface area contributed by atoms with Crippen molar-refractivity contribution in [2.45, 2.75) is 26.1 Å². The second kappa shape index (κ2) is 3.37. The number of benzene rings is 1.